The van der Waals surface area contributed by atoms with Gasteiger partial charge in [-0.3, -0.25) is 0 Å². The molecule has 0 saturated carbocycles. The molecule has 0 spiro atoms. The van der Waals surface area contributed by atoms with Crippen LogP contribution < -0.4 is 0 Å². The van der Waals surface area contributed by atoms with Crippen LogP contribution in [0.4, 0.5) is 0 Å². The molecule has 102 valence electrons. The first-order chi connectivity index (χ1) is 9.42. The molecule has 0 aliphatic carbocycles. The fourth-order valence-electron chi connectivity index (χ4n) is 1.85. The van der Waals surface area contributed by atoms with E-state index in [0.29, 0.717) is 5.56 Å². The second-order valence-corrected chi connectivity index (χ2v) is 4.86. The molecule has 0 aromatic heterocycles. The standard InChI is InChI=1S/C15H13NO4/c1-14(19,15(8-16)9-20-10-15)7-6-11-4-2-3-5-12(11)13(17)18/h2-5,19H,9-10H2,1H3,(H,17,18)/t14-/m0/s1. The number of hydrogen-bond donors (Lipinski definition) is 2. The molecule has 0 bridgehead atoms. The van der Waals surface area contributed by atoms with Crippen LogP contribution in [0.1, 0.15) is 22.8 Å². The van der Waals surface area contributed by atoms with Crippen molar-refractivity contribution >= 4 is 5.97 Å². The van der Waals surface area contributed by atoms with Crippen LogP contribution in [-0.4, -0.2) is 35.0 Å². The molecule has 5 nitrogen and oxygen atoms in total. The molecule has 1 aliphatic rings. The van der Waals surface area contributed by atoms with Crippen molar-refractivity contribution in [3.8, 4) is 17.9 Å². The molecule has 2 rings (SSSR count). The summed E-state index contributed by atoms with van der Waals surface area (Å²) in [6.07, 6.45) is 0. The van der Waals surface area contributed by atoms with Crippen LogP contribution >= 0.6 is 0 Å². The Hall–Kier alpha value is -2.34. The topological polar surface area (TPSA) is 90.5 Å². The van der Waals surface area contributed by atoms with Gasteiger partial charge in [-0.05, 0) is 19.1 Å². The van der Waals surface area contributed by atoms with Crippen molar-refractivity contribution in [2.45, 2.75) is 12.5 Å². The van der Waals surface area contributed by atoms with Crippen LogP contribution in [0.2, 0.25) is 0 Å². The Morgan fingerprint density at radius 1 is 1.45 bits per heavy atom. The molecule has 1 aromatic rings. The second-order valence-electron chi connectivity index (χ2n) is 4.86. The van der Waals surface area contributed by atoms with Crippen molar-refractivity contribution in [2.75, 3.05) is 13.2 Å². The summed E-state index contributed by atoms with van der Waals surface area (Å²) in [6, 6.07) is 8.30. The minimum absolute atomic E-state index is 0.0617. The Labute approximate surface area is 116 Å². The highest BCUT2D eigenvalue weighted by atomic mass is 16.5. The van der Waals surface area contributed by atoms with Gasteiger partial charge in [-0.1, -0.05) is 24.0 Å². The van der Waals surface area contributed by atoms with Gasteiger partial charge in [0.25, 0.3) is 0 Å². The molecule has 0 amide bonds. The maximum Gasteiger partial charge on any atom is 0.336 e. The molecular formula is C15H13NO4. The molecule has 5 heteroatoms. The van der Waals surface area contributed by atoms with E-state index in [2.05, 4.69) is 11.8 Å². The molecule has 1 heterocycles. The van der Waals surface area contributed by atoms with Crippen LogP contribution in [0.15, 0.2) is 24.3 Å². The number of carbonyl (C=O) groups is 1. The SMILES string of the molecule is C[C@](O)(C#Cc1ccccc1C(=O)O)C1(C#N)COC1. The lowest BCUT2D eigenvalue weighted by atomic mass is 9.72. The van der Waals surface area contributed by atoms with E-state index in [9.17, 15) is 9.90 Å². The van der Waals surface area contributed by atoms with E-state index in [-0.39, 0.29) is 18.8 Å². The maximum atomic E-state index is 11.1. The number of hydrogen-bond acceptors (Lipinski definition) is 4. The summed E-state index contributed by atoms with van der Waals surface area (Å²) in [4.78, 5) is 11.1. The largest absolute Gasteiger partial charge is 0.478 e. The zero-order valence-electron chi connectivity index (χ0n) is 10.9. The van der Waals surface area contributed by atoms with Gasteiger partial charge in [-0.2, -0.15) is 5.26 Å². The lowest BCUT2D eigenvalue weighted by Crippen LogP contribution is -2.57. The third-order valence-electron chi connectivity index (χ3n) is 3.44. The molecule has 1 saturated heterocycles. The van der Waals surface area contributed by atoms with Crippen molar-refractivity contribution in [3.05, 3.63) is 35.4 Å². The fourth-order valence-corrected chi connectivity index (χ4v) is 1.85. The Morgan fingerprint density at radius 2 is 2.10 bits per heavy atom. The third-order valence-corrected chi connectivity index (χ3v) is 3.44. The van der Waals surface area contributed by atoms with E-state index in [1.165, 1.54) is 13.0 Å². The summed E-state index contributed by atoms with van der Waals surface area (Å²) < 4.78 is 4.99. The average molecular weight is 271 g/mol. The Balaban J connectivity index is 2.36. The van der Waals surface area contributed by atoms with Gasteiger partial charge in [0.2, 0.25) is 0 Å². The first-order valence-electron chi connectivity index (χ1n) is 5.99. The Kier molecular flexibility index (Phi) is 3.50. The van der Waals surface area contributed by atoms with E-state index in [1.807, 2.05) is 6.07 Å². The smallest absolute Gasteiger partial charge is 0.336 e. The van der Waals surface area contributed by atoms with Crippen LogP contribution in [0.5, 0.6) is 0 Å². The molecule has 0 radical (unpaired) electrons. The van der Waals surface area contributed by atoms with Crippen LogP contribution in [-0.2, 0) is 4.74 Å². The van der Waals surface area contributed by atoms with E-state index in [0.717, 1.165) is 0 Å². The van der Waals surface area contributed by atoms with Crippen molar-refractivity contribution < 1.29 is 19.7 Å². The summed E-state index contributed by atoms with van der Waals surface area (Å²) >= 11 is 0. The number of aliphatic hydroxyl groups is 1. The molecular weight excluding hydrogens is 258 g/mol. The van der Waals surface area contributed by atoms with Crippen LogP contribution in [0.25, 0.3) is 0 Å². The minimum Gasteiger partial charge on any atom is -0.478 e. The number of carboxylic acids is 1. The van der Waals surface area contributed by atoms with Gasteiger partial charge < -0.3 is 14.9 Å². The Morgan fingerprint density at radius 3 is 2.60 bits per heavy atom. The van der Waals surface area contributed by atoms with Gasteiger partial charge in [0.1, 0.15) is 11.0 Å². The number of nitriles is 1. The highest BCUT2D eigenvalue weighted by Gasteiger charge is 2.53. The van der Waals surface area contributed by atoms with Gasteiger partial charge in [0.15, 0.2) is 0 Å². The lowest BCUT2D eigenvalue weighted by Gasteiger charge is -2.42. The average Bonchev–Trinajstić information content (AvgIpc) is 2.35. The van der Waals surface area contributed by atoms with Crippen molar-refractivity contribution in [1.82, 2.24) is 0 Å². The third kappa shape index (κ3) is 2.25. The van der Waals surface area contributed by atoms with Gasteiger partial charge >= 0.3 is 5.97 Å². The summed E-state index contributed by atoms with van der Waals surface area (Å²) in [6.45, 7) is 1.67. The van der Waals surface area contributed by atoms with Crippen molar-refractivity contribution in [2.24, 2.45) is 5.41 Å². The first kappa shape index (κ1) is 14.1. The molecule has 1 aromatic carbocycles. The minimum atomic E-state index is -1.56. The molecule has 2 N–H and O–H groups in total. The first-order valence-corrected chi connectivity index (χ1v) is 5.99. The summed E-state index contributed by atoms with van der Waals surface area (Å²) in [5.74, 6) is 4.17. The van der Waals surface area contributed by atoms with Gasteiger partial charge in [0.05, 0.1) is 24.8 Å². The number of ether oxygens (including phenoxy) is 1. The summed E-state index contributed by atoms with van der Waals surface area (Å²) in [5, 5.41) is 28.6. The second kappa shape index (κ2) is 4.97. The van der Waals surface area contributed by atoms with Gasteiger partial charge in [-0.15, -0.1) is 0 Å². The van der Waals surface area contributed by atoms with Gasteiger partial charge in [-0.25, -0.2) is 4.79 Å². The van der Waals surface area contributed by atoms with E-state index < -0.39 is 17.0 Å². The monoisotopic (exact) mass is 271 g/mol. The normalized spacial score (nSPS) is 18.6. The number of benzene rings is 1. The lowest BCUT2D eigenvalue weighted by molar-refractivity contribution is -0.158. The maximum absolute atomic E-state index is 11.1. The van der Waals surface area contributed by atoms with E-state index in [4.69, 9.17) is 15.1 Å². The van der Waals surface area contributed by atoms with Gasteiger partial charge in [0, 0.05) is 5.56 Å². The highest BCUT2D eigenvalue weighted by Crippen LogP contribution is 2.38. The number of rotatable bonds is 2. The number of carboxylic acid groups (broad SMARTS) is 1. The molecule has 0 unspecified atom stereocenters. The zero-order valence-corrected chi connectivity index (χ0v) is 10.9. The molecule has 20 heavy (non-hydrogen) atoms. The predicted octanol–water partition coefficient (Wildman–Crippen LogP) is 1.03. The predicted molar refractivity (Wildman–Crippen MR) is 69.8 cm³/mol. The van der Waals surface area contributed by atoms with E-state index in [1.54, 1.807) is 18.2 Å². The van der Waals surface area contributed by atoms with Crippen LogP contribution in [0, 0.1) is 28.6 Å². The summed E-state index contributed by atoms with van der Waals surface area (Å²) in [7, 11) is 0. The van der Waals surface area contributed by atoms with Crippen LogP contribution in [0.3, 0.4) is 0 Å². The Bertz CT molecular complexity index is 642. The highest BCUT2D eigenvalue weighted by molar-refractivity contribution is 5.90. The molecule has 1 fully saturated rings. The quantitative estimate of drug-likeness (QED) is 0.784. The molecule has 1 atom stereocenters. The van der Waals surface area contributed by atoms with Crippen molar-refractivity contribution in [1.29, 1.82) is 5.26 Å². The van der Waals surface area contributed by atoms with Crippen molar-refractivity contribution in [3.63, 3.8) is 0 Å². The molecule has 1 aliphatic heterocycles. The number of nitrogens with zero attached hydrogens (tertiary/aromatic N) is 1. The number of aromatic carboxylic acids is 1. The van der Waals surface area contributed by atoms with E-state index >= 15 is 0 Å². The fraction of sp³-hybridized carbons (Fsp3) is 0.333. The summed E-state index contributed by atoms with van der Waals surface area (Å²) in [5.41, 5.74) is -2.26. The zero-order chi connectivity index (χ0) is 14.8.